The van der Waals surface area contributed by atoms with Crippen molar-refractivity contribution >= 4 is 22.9 Å². The van der Waals surface area contributed by atoms with Gasteiger partial charge in [-0.25, -0.2) is 4.98 Å². The van der Waals surface area contributed by atoms with E-state index in [1.54, 1.807) is 23.5 Å². The molecule has 1 aromatic carbocycles. The number of phenolic OH excluding ortho intramolecular Hbond substituents is 1. The molecular weight excluding hydrogens is 256 g/mol. The zero-order valence-corrected chi connectivity index (χ0v) is 10.6. The molecule has 0 amide bonds. The lowest BCUT2D eigenvalue weighted by atomic mass is 10.2. The molecule has 2 heterocycles. The Bertz CT molecular complexity index is 544. The third-order valence-corrected chi connectivity index (χ3v) is 4.25. The molecule has 0 saturated carbocycles. The number of hydrogen-bond acceptors (Lipinski definition) is 4. The minimum absolute atomic E-state index is 0.110. The standard InChI is InChI=1S/C12H11ClN2OS/c13-8-5-7(1-2-10(8)16)12-15-9-3-4-14-6-11(9)17-12/h1-2,5,14,16H,3-4,6H2. The molecule has 17 heavy (non-hydrogen) atoms. The topological polar surface area (TPSA) is 45.2 Å². The second-order valence-electron chi connectivity index (χ2n) is 3.98. The SMILES string of the molecule is Oc1ccc(-c2nc3c(s2)CNCC3)cc1Cl. The number of phenols is 1. The fourth-order valence-corrected chi connectivity index (χ4v) is 3.14. The van der Waals surface area contributed by atoms with Crippen LogP contribution in [0.1, 0.15) is 10.6 Å². The molecule has 0 saturated heterocycles. The molecule has 3 rings (SSSR count). The number of rotatable bonds is 1. The molecule has 1 aliphatic rings. The highest BCUT2D eigenvalue weighted by Gasteiger charge is 2.16. The third kappa shape index (κ3) is 2.04. The average molecular weight is 267 g/mol. The highest BCUT2D eigenvalue weighted by atomic mass is 35.5. The minimum atomic E-state index is 0.110. The molecule has 0 fully saturated rings. The predicted octanol–water partition coefficient (Wildman–Crippen LogP) is 2.81. The lowest BCUT2D eigenvalue weighted by molar-refractivity contribution is 0.475. The zero-order chi connectivity index (χ0) is 11.8. The summed E-state index contributed by atoms with van der Waals surface area (Å²) in [5, 5.41) is 14.1. The van der Waals surface area contributed by atoms with Crippen molar-refractivity contribution in [1.29, 1.82) is 0 Å². The highest BCUT2D eigenvalue weighted by Crippen LogP contribution is 2.33. The van der Waals surface area contributed by atoms with E-state index in [0.717, 1.165) is 30.1 Å². The van der Waals surface area contributed by atoms with Crippen LogP contribution in [-0.2, 0) is 13.0 Å². The Morgan fingerprint density at radius 3 is 3.06 bits per heavy atom. The van der Waals surface area contributed by atoms with Crippen molar-refractivity contribution in [2.24, 2.45) is 0 Å². The number of aromatic nitrogens is 1. The van der Waals surface area contributed by atoms with Crippen molar-refractivity contribution in [1.82, 2.24) is 10.3 Å². The van der Waals surface area contributed by atoms with Crippen LogP contribution in [0.25, 0.3) is 10.6 Å². The number of nitrogens with one attached hydrogen (secondary N) is 1. The molecule has 88 valence electrons. The monoisotopic (exact) mass is 266 g/mol. The summed E-state index contributed by atoms with van der Waals surface area (Å²) in [6, 6.07) is 5.21. The maximum absolute atomic E-state index is 9.39. The second-order valence-corrected chi connectivity index (χ2v) is 5.47. The summed E-state index contributed by atoms with van der Waals surface area (Å²) in [5.41, 5.74) is 2.15. The average Bonchev–Trinajstić information content (AvgIpc) is 2.76. The van der Waals surface area contributed by atoms with Crippen molar-refractivity contribution in [3.05, 3.63) is 33.8 Å². The molecule has 0 radical (unpaired) electrons. The van der Waals surface area contributed by atoms with E-state index >= 15 is 0 Å². The molecular formula is C12H11ClN2OS. The smallest absolute Gasteiger partial charge is 0.134 e. The van der Waals surface area contributed by atoms with Crippen molar-refractivity contribution < 1.29 is 5.11 Å². The van der Waals surface area contributed by atoms with Crippen molar-refractivity contribution in [3.8, 4) is 16.3 Å². The summed E-state index contributed by atoms with van der Waals surface area (Å²) in [7, 11) is 0. The van der Waals surface area contributed by atoms with Crippen LogP contribution in [0.15, 0.2) is 18.2 Å². The van der Waals surface area contributed by atoms with Gasteiger partial charge in [-0.05, 0) is 18.2 Å². The maximum atomic E-state index is 9.39. The van der Waals surface area contributed by atoms with Crippen LogP contribution in [-0.4, -0.2) is 16.6 Å². The van der Waals surface area contributed by atoms with Gasteiger partial charge in [0.15, 0.2) is 0 Å². The van der Waals surface area contributed by atoms with Gasteiger partial charge in [-0.15, -0.1) is 11.3 Å². The van der Waals surface area contributed by atoms with E-state index in [0.29, 0.717) is 5.02 Å². The first-order chi connectivity index (χ1) is 8.24. The molecule has 1 aliphatic heterocycles. The zero-order valence-electron chi connectivity index (χ0n) is 9.03. The third-order valence-electron chi connectivity index (χ3n) is 2.80. The van der Waals surface area contributed by atoms with E-state index in [9.17, 15) is 5.11 Å². The molecule has 0 spiro atoms. The summed E-state index contributed by atoms with van der Waals surface area (Å²) >= 11 is 7.59. The lowest BCUT2D eigenvalue weighted by Crippen LogP contribution is -2.22. The van der Waals surface area contributed by atoms with Crippen LogP contribution in [0.2, 0.25) is 5.02 Å². The molecule has 0 atom stereocenters. The molecule has 0 unspecified atom stereocenters. The Labute approximate surface area is 108 Å². The van der Waals surface area contributed by atoms with Crippen LogP contribution in [0.4, 0.5) is 0 Å². The quantitative estimate of drug-likeness (QED) is 0.834. The Balaban J connectivity index is 2.03. The highest BCUT2D eigenvalue weighted by molar-refractivity contribution is 7.15. The van der Waals surface area contributed by atoms with E-state index in [4.69, 9.17) is 11.6 Å². The number of nitrogens with zero attached hydrogens (tertiary/aromatic N) is 1. The fourth-order valence-electron chi connectivity index (χ4n) is 1.89. The number of halogens is 1. The normalized spacial score (nSPS) is 14.6. The van der Waals surface area contributed by atoms with Gasteiger partial charge in [0.05, 0.1) is 10.7 Å². The van der Waals surface area contributed by atoms with Crippen LogP contribution in [0.5, 0.6) is 5.75 Å². The predicted molar refractivity (Wildman–Crippen MR) is 69.6 cm³/mol. The largest absolute Gasteiger partial charge is 0.506 e. The van der Waals surface area contributed by atoms with Gasteiger partial charge < -0.3 is 10.4 Å². The molecule has 2 N–H and O–H groups in total. The minimum Gasteiger partial charge on any atom is -0.506 e. The summed E-state index contributed by atoms with van der Waals surface area (Å²) < 4.78 is 0. The van der Waals surface area contributed by atoms with Crippen molar-refractivity contribution in [3.63, 3.8) is 0 Å². The van der Waals surface area contributed by atoms with Gasteiger partial charge >= 0.3 is 0 Å². The summed E-state index contributed by atoms with van der Waals surface area (Å²) in [5.74, 6) is 0.110. The molecule has 0 aliphatic carbocycles. The van der Waals surface area contributed by atoms with Crippen molar-refractivity contribution in [2.45, 2.75) is 13.0 Å². The summed E-state index contributed by atoms with van der Waals surface area (Å²) in [6.07, 6.45) is 0.984. The number of aromatic hydroxyl groups is 1. The van der Waals surface area contributed by atoms with E-state index in [-0.39, 0.29) is 5.75 Å². The van der Waals surface area contributed by atoms with Gasteiger partial charge in [0.2, 0.25) is 0 Å². The first-order valence-electron chi connectivity index (χ1n) is 5.42. The first kappa shape index (κ1) is 11.0. The van der Waals surface area contributed by atoms with Gasteiger partial charge in [0.25, 0.3) is 0 Å². The van der Waals surface area contributed by atoms with E-state index < -0.39 is 0 Å². The van der Waals surface area contributed by atoms with Gasteiger partial charge in [0.1, 0.15) is 10.8 Å². The molecule has 2 aromatic rings. The van der Waals surface area contributed by atoms with E-state index in [2.05, 4.69) is 10.3 Å². The van der Waals surface area contributed by atoms with E-state index in [1.165, 1.54) is 10.6 Å². The summed E-state index contributed by atoms with van der Waals surface area (Å²) in [4.78, 5) is 5.93. The number of thiazole rings is 1. The first-order valence-corrected chi connectivity index (χ1v) is 6.61. The number of benzene rings is 1. The Hall–Kier alpha value is -1.10. The molecule has 5 heteroatoms. The fraction of sp³-hybridized carbons (Fsp3) is 0.250. The van der Waals surface area contributed by atoms with Crippen molar-refractivity contribution in [2.75, 3.05) is 6.54 Å². The van der Waals surface area contributed by atoms with Crippen LogP contribution in [0.3, 0.4) is 0 Å². The Kier molecular flexibility index (Phi) is 2.78. The van der Waals surface area contributed by atoms with Crippen LogP contribution < -0.4 is 5.32 Å². The van der Waals surface area contributed by atoms with Gasteiger partial charge in [0, 0.05) is 30.0 Å². The van der Waals surface area contributed by atoms with Gasteiger partial charge in [-0.2, -0.15) is 0 Å². The molecule has 1 aromatic heterocycles. The van der Waals surface area contributed by atoms with Crippen LogP contribution in [0, 0.1) is 0 Å². The second kappa shape index (κ2) is 4.29. The van der Waals surface area contributed by atoms with Gasteiger partial charge in [-0.1, -0.05) is 11.6 Å². The Morgan fingerprint density at radius 2 is 2.29 bits per heavy atom. The number of hydrogen-bond donors (Lipinski definition) is 2. The van der Waals surface area contributed by atoms with Crippen LogP contribution >= 0.6 is 22.9 Å². The molecule has 0 bridgehead atoms. The summed E-state index contributed by atoms with van der Waals surface area (Å²) in [6.45, 7) is 1.89. The maximum Gasteiger partial charge on any atom is 0.134 e. The lowest BCUT2D eigenvalue weighted by Gasteiger charge is -2.09. The number of fused-ring (bicyclic) bond motifs is 1. The van der Waals surface area contributed by atoms with Gasteiger partial charge in [-0.3, -0.25) is 0 Å². The van der Waals surface area contributed by atoms with E-state index in [1.807, 2.05) is 6.07 Å². The Morgan fingerprint density at radius 1 is 1.41 bits per heavy atom. The molecule has 3 nitrogen and oxygen atoms in total.